The summed E-state index contributed by atoms with van der Waals surface area (Å²) in [5.41, 5.74) is 1.00. The van der Waals surface area contributed by atoms with Crippen LogP contribution in [-0.4, -0.2) is 10.9 Å². The summed E-state index contributed by atoms with van der Waals surface area (Å²) in [6.07, 6.45) is -3.10. The third-order valence-electron chi connectivity index (χ3n) is 3.80. The number of para-hydroxylation sites is 1. The van der Waals surface area contributed by atoms with Gasteiger partial charge in [0, 0.05) is 5.56 Å². The smallest absolute Gasteiger partial charge is 0.354 e. The predicted octanol–water partition coefficient (Wildman–Crippen LogP) is 5.40. The molecule has 0 spiro atoms. The summed E-state index contributed by atoms with van der Waals surface area (Å²) in [5.74, 6) is -0.00881. The Morgan fingerprint density at radius 1 is 1.00 bits per heavy atom. The van der Waals surface area contributed by atoms with Crippen molar-refractivity contribution in [1.29, 1.82) is 0 Å². The number of carbonyl (C=O) groups is 1. The second kappa shape index (κ2) is 7.49. The number of pyridine rings is 1. The van der Waals surface area contributed by atoms with Gasteiger partial charge in [-0.25, -0.2) is 4.98 Å². The Kier molecular flexibility index (Phi) is 5.12. The number of benzene rings is 2. The van der Waals surface area contributed by atoms with Gasteiger partial charge in [0.25, 0.3) is 5.91 Å². The maximum absolute atomic E-state index is 13.0. The highest BCUT2D eigenvalue weighted by molar-refractivity contribution is 6.03. The summed E-state index contributed by atoms with van der Waals surface area (Å²) in [7, 11) is 0. The van der Waals surface area contributed by atoms with Gasteiger partial charge in [0.2, 0.25) is 0 Å². The van der Waals surface area contributed by atoms with Gasteiger partial charge in [0.05, 0.1) is 23.1 Å². The number of amides is 1. The van der Waals surface area contributed by atoms with Crippen LogP contribution in [0.15, 0.2) is 66.9 Å². The van der Waals surface area contributed by atoms with Crippen LogP contribution in [0.4, 0.5) is 30.4 Å². The highest BCUT2D eigenvalue weighted by atomic mass is 19.4. The van der Waals surface area contributed by atoms with Crippen LogP contribution in [0, 0.1) is 6.92 Å². The number of aryl methyl sites for hydroxylation is 1. The van der Waals surface area contributed by atoms with Gasteiger partial charge in [-0.3, -0.25) is 4.79 Å². The number of alkyl halides is 3. The molecule has 4 nitrogen and oxygen atoms in total. The molecule has 2 aromatic carbocycles. The first-order chi connectivity index (χ1) is 12.8. The first-order valence-corrected chi connectivity index (χ1v) is 8.10. The maximum Gasteiger partial charge on any atom is 0.418 e. The number of aromatic nitrogens is 1. The average molecular weight is 371 g/mol. The van der Waals surface area contributed by atoms with Crippen molar-refractivity contribution in [2.24, 2.45) is 0 Å². The number of anilines is 3. The summed E-state index contributed by atoms with van der Waals surface area (Å²) in [6.45, 7) is 1.88. The summed E-state index contributed by atoms with van der Waals surface area (Å²) >= 11 is 0. The molecule has 3 rings (SSSR count). The van der Waals surface area contributed by atoms with E-state index in [2.05, 4.69) is 15.6 Å². The normalized spacial score (nSPS) is 11.1. The van der Waals surface area contributed by atoms with Crippen molar-refractivity contribution in [3.63, 3.8) is 0 Å². The molecule has 1 amide bonds. The van der Waals surface area contributed by atoms with Crippen molar-refractivity contribution < 1.29 is 18.0 Å². The molecule has 7 heteroatoms. The molecule has 0 aliphatic carbocycles. The first-order valence-electron chi connectivity index (χ1n) is 8.10. The monoisotopic (exact) mass is 371 g/mol. The minimum atomic E-state index is -4.46. The lowest BCUT2D eigenvalue weighted by Crippen LogP contribution is -2.13. The lowest BCUT2D eigenvalue weighted by molar-refractivity contribution is -0.136. The third-order valence-corrected chi connectivity index (χ3v) is 3.80. The van der Waals surface area contributed by atoms with Crippen LogP contribution >= 0.6 is 0 Å². The summed E-state index contributed by atoms with van der Waals surface area (Å²) in [4.78, 5) is 16.3. The fourth-order valence-corrected chi connectivity index (χ4v) is 2.51. The fourth-order valence-electron chi connectivity index (χ4n) is 2.51. The van der Waals surface area contributed by atoms with Crippen LogP contribution in [-0.2, 0) is 6.18 Å². The molecular weight excluding hydrogens is 355 g/mol. The van der Waals surface area contributed by atoms with E-state index in [1.165, 1.54) is 30.5 Å². The van der Waals surface area contributed by atoms with Gasteiger partial charge >= 0.3 is 6.18 Å². The number of halogens is 3. The van der Waals surface area contributed by atoms with E-state index in [1.807, 2.05) is 13.0 Å². The molecule has 1 heterocycles. The molecule has 0 saturated heterocycles. The maximum atomic E-state index is 13.0. The van der Waals surface area contributed by atoms with E-state index in [9.17, 15) is 18.0 Å². The summed E-state index contributed by atoms with van der Waals surface area (Å²) in [6, 6.07) is 15.4. The molecule has 0 bridgehead atoms. The van der Waals surface area contributed by atoms with Crippen molar-refractivity contribution in [2.45, 2.75) is 13.1 Å². The Balaban J connectivity index is 1.72. The van der Waals surface area contributed by atoms with Gasteiger partial charge < -0.3 is 10.6 Å². The minimum Gasteiger partial charge on any atom is -0.354 e. The topological polar surface area (TPSA) is 54.0 Å². The number of hydrogen-bond acceptors (Lipinski definition) is 3. The van der Waals surface area contributed by atoms with E-state index in [4.69, 9.17) is 0 Å². The van der Waals surface area contributed by atoms with Gasteiger partial charge in [0.1, 0.15) is 5.82 Å². The third kappa shape index (κ3) is 4.63. The van der Waals surface area contributed by atoms with Gasteiger partial charge in [-0.15, -0.1) is 0 Å². The Morgan fingerprint density at radius 3 is 2.44 bits per heavy atom. The highest BCUT2D eigenvalue weighted by Gasteiger charge is 2.33. The predicted molar refractivity (Wildman–Crippen MR) is 98.1 cm³/mol. The number of nitrogens with one attached hydrogen (secondary N) is 2. The Labute approximate surface area is 154 Å². The van der Waals surface area contributed by atoms with E-state index < -0.39 is 11.7 Å². The van der Waals surface area contributed by atoms with Crippen LogP contribution in [0.25, 0.3) is 0 Å². The Hall–Kier alpha value is -3.35. The van der Waals surface area contributed by atoms with Crippen LogP contribution in [0.1, 0.15) is 21.5 Å². The number of carbonyl (C=O) groups excluding carboxylic acids is 1. The summed E-state index contributed by atoms with van der Waals surface area (Å²) < 4.78 is 39.1. The zero-order chi connectivity index (χ0) is 19.4. The van der Waals surface area contributed by atoms with Crippen molar-refractivity contribution in [1.82, 2.24) is 4.98 Å². The molecule has 0 radical (unpaired) electrons. The molecule has 138 valence electrons. The summed E-state index contributed by atoms with van der Waals surface area (Å²) in [5, 5.41) is 5.36. The van der Waals surface area contributed by atoms with E-state index in [0.29, 0.717) is 17.1 Å². The van der Waals surface area contributed by atoms with Crippen molar-refractivity contribution in [2.75, 3.05) is 10.6 Å². The zero-order valence-corrected chi connectivity index (χ0v) is 14.3. The van der Waals surface area contributed by atoms with E-state index in [0.717, 1.165) is 11.6 Å². The number of hydrogen-bond donors (Lipinski definition) is 2. The molecular formula is C20H16F3N3O. The van der Waals surface area contributed by atoms with Gasteiger partial charge in [-0.1, -0.05) is 29.8 Å². The highest BCUT2D eigenvalue weighted by Crippen LogP contribution is 2.35. The van der Waals surface area contributed by atoms with Crippen LogP contribution in [0.3, 0.4) is 0 Å². The van der Waals surface area contributed by atoms with Crippen molar-refractivity contribution in [3.8, 4) is 0 Å². The Bertz CT molecular complexity index is 953. The van der Waals surface area contributed by atoms with E-state index in [-0.39, 0.29) is 11.6 Å². The lowest BCUT2D eigenvalue weighted by Gasteiger charge is -2.14. The van der Waals surface area contributed by atoms with Crippen LogP contribution < -0.4 is 10.6 Å². The molecule has 1 aromatic heterocycles. The molecule has 27 heavy (non-hydrogen) atoms. The molecule has 0 aliphatic rings. The standard InChI is InChI=1S/C20H16F3N3O/c1-13-5-4-6-14(11-13)19(27)26-18-10-9-15(12-24-18)25-17-8-3-2-7-16(17)20(21,22)23/h2-12,25H,1H3,(H,24,26,27). The van der Waals surface area contributed by atoms with Crippen LogP contribution in [0.5, 0.6) is 0 Å². The largest absolute Gasteiger partial charge is 0.418 e. The average Bonchev–Trinajstić information content (AvgIpc) is 2.63. The number of rotatable bonds is 4. The quantitative estimate of drug-likeness (QED) is 0.645. The first kappa shape index (κ1) is 18.4. The minimum absolute atomic E-state index is 0.0663. The molecule has 0 fully saturated rings. The van der Waals surface area contributed by atoms with Gasteiger partial charge in [-0.05, 0) is 43.3 Å². The van der Waals surface area contributed by atoms with Gasteiger partial charge in [0.15, 0.2) is 0 Å². The van der Waals surface area contributed by atoms with E-state index >= 15 is 0 Å². The molecule has 0 unspecified atom stereocenters. The Morgan fingerprint density at radius 2 is 1.78 bits per heavy atom. The zero-order valence-electron chi connectivity index (χ0n) is 14.3. The molecule has 0 saturated carbocycles. The van der Waals surface area contributed by atoms with Gasteiger partial charge in [-0.2, -0.15) is 13.2 Å². The van der Waals surface area contributed by atoms with Crippen molar-refractivity contribution in [3.05, 3.63) is 83.6 Å². The SMILES string of the molecule is Cc1cccc(C(=O)Nc2ccc(Nc3ccccc3C(F)(F)F)cn2)c1. The van der Waals surface area contributed by atoms with E-state index in [1.54, 1.807) is 24.3 Å². The van der Waals surface area contributed by atoms with Crippen LogP contribution in [0.2, 0.25) is 0 Å². The lowest BCUT2D eigenvalue weighted by atomic mass is 10.1. The number of nitrogens with zero attached hydrogens (tertiary/aromatic N) is 1. The second-order valence-corrected chi connectivity index (χ2v) is 5.92. The molecule has 0 aliphatic heterocycles. The second-order valence-electron chi connectivity index (χ2n) is 5.92. The fraction of sp³-hybridized carbons (Fsp3) is 0.100. The molecule has 3 aromatic rings. The van der Waals surface area contributed by atoms with Crippen molar-refractivity contribution >= 4 is 23.1 Å². The molecule has 0 atom stereocenters. The molecule has 2 N–H and O–H groups in total.